The first-order chi connectivity index (χ1) is 14.5. The predicted octanol–water partition coefficient (Wildman–Crippen LogP) is 6.34. The second-order valence-corrected chi connectivity index (χ2v) is 8.98. The van der Waals surface area contributed by atoms with Crippen LogP contribution in [0.1, 0.15) is 47.0 Å². The van der Waals surface area contributed by atoms with Crippen LogP contribution in [0, 0.1) is 12.7 Å². The molecule has 30 heavy (non-hydrogen) atoms. The quantitative estimate of drug-likeness (QED) is 0.343. The number of fused-ring (bicyclic) bond motifs is 1. The zero-order chi connectivity index (χ0) is 21.1. The van der Waals surface area contributed by atoms with Gasteiger partial charge in [0.25, 0.3) is 0 Å². The van der Waals surface area contributed by atoms with Crippen molar-refractivity contribution >= 4 is 23.4 Å². The smallest absolute Gasteiger partial charge is 0.149 e. The van der Waals surface area contributed by atoms with Gasteiger partial charge in [0.2, 0.25) is 0 Å². The SMILES string of the molecule is CCN(C)C=Nc1cc(C)c(Cc2nc(-c3ccc4c(c3)CCCC4)cs2)cc1F. The number of halogens is 1. The van der Waals surface area contributed by atoms with Gasteiger partial charge in [-0.15, -0.1) is 11.3 Å². The number of hydrogen-bond donors (Lipinski definition) is 0. The summed E-state index contributed by atoms with van der Waals surface area (Å²) in [5.74, 6) is -0.289. The maximum Gasteiger partial charge on any atom is 0.149 e. The Morgan fingerprint density at radius 1 is 1.17 bits per heavy atom. The Hall–Kier alpha value is -2.53. The number of aryl methyl sites for hydroxylation is 3. The van der Waals surface area contributed by atoms with Crippen molar-refractivity contribution in [2.24, 2.45) is 4.99 Å². The van der Waals surface area contributed by atoms with E-state index in [1.807, 2.05) is 31.9 Å². The van der Waals surface area contributed by atoms with E-state index in [1.165, 1.54) is 42.4 Å². The molecule has 0 N–H and O–H groups in total. The summed E-state index contributed by atoms with van der Waals surface area (Å²) >= 11 is 1.64. The van der Waals surface area contributed by atoms with E-state index in [0.717, 1.165) is 28.4 Å². The van der Waals surface area contributed by atoms with Crippen LogP contribution in [0.15, 0.2) is 40.7 Å². The van der Waals surface area contributed by atoms with Crippen molar-refractivity contribution in [3.8, 4) is 11.3 Å². The minimum Gasteiger partial charge on any atom is -0.366 e. The highest BCUT2D eigenvalue weighted by atomic mass is 32.1. The van der Waals surface area contributed by atoms with E-state index in [4.69, 9.17) is 4.98 Å². The van der Waals surface area contributed by atoms with Gasteiger partial charge < -0.3 is 4.90 Å². The van der Waals surface area contributed by atoms with E-state index in [9.17, 15) is 4.39 Å². The van der Waals surface area contributed by atoms with Crippen LogP contribution in [0.5, 0.6) is 0 Å². The number of rotatable bonds is 6. The summed E-state index contributed by atoms with van der Waals surface area (Å²) in [6.07, 6.45) is 7.24. The maximum absolute atomic E-state index is 14.6. The lowest BCUT2D eigenvalue weighted by atomic mass is 9.90. The van der Waals surface area contributed by atoms with Gasteiger partial charge >= 0.3 is 0 Å². The minimum absolute atomic E-state index is 0.289. The van der Waals surface area contributed by atoms with Crippen molar-refractivity contribution in [3.63, 3.8) is 0 Å². The second kappa shape index (κ2) is 9.09. The second-order valence-electron chi connectivity index (χ2n) is 8.04. The first-order valence-electron chi connectivity index (χ1n) is 10.6. The average molecular weight is 422 g/mol. The third-order valence-electron chi connectivity index (χ3n) is 5.84. The Morgan fingerprint density at radius 3 is 2.77 bits per heavy atom. The third-order valence-corrected chi connectivity index (χ3v) is 6.68. The van der Waals surface area contributed by atoms with Crippen LogP contribution in [0.2, 0.25) is 0 Å². The molecule has 3 nitrogen and oxygen atoms in total. The van der Waals surface area contributed by atoms with Crippen LogP contribution in [0.3, 0.4) is 0 Å². The molecular formula is C25H28FN3S. The summed E-state index contributed by atoms with van der Waals surface area (Å²) in [4.78, 5) is 11.0. The number of hydrogen-bond acceptors (Lipinski definition) is 3. The summed E-state index contributed by atoms with van der Waals surface area (Å²) in [6, 6.07) is 10.2. The van der Waals surface area contributed by atoms with Crippen molar-refractivity contribution in [1.29, 1.82) is 0 Å². The topological polar surface area (TPSA) is 28.5 Å². The van der Waals surface area contributed by atoms with Crippen LogP contribution < -0.4 is 0 Å². The molecular weight excluding hydrogens is 393 g/mol. The van der Waals surface area contributed by atoms with E-state index >= 15 is 0 Å². The molecule has 0 radical (unpaired) electrons. The van der Waals surface area contributed by atoms with Crippen molar-refractivity contribution in [3.05, 3.63) is 68.8 Å². The molecule has 0 spiro atoms. The normalized spacial score (nSPS) is 13.6. The van der Waals surface area contributed by atoms with E-state index in [1.54, 1.807) is 23.7 Å². The lowest BCUT2D eigenvalue weighted by Crippen LogP contribution is -2.14. The number of benzene rings is 2. The summed E-state index contributed by atoms with van der Waals surface area (Å²) in [6.45, 7) is 4.87. The summed E-state index contributed by atoms with van der Waals surface area (Å²) in [7, 11) is 1.92. The van der Waals surface area contributed by atoms with Gasteiger partial charge in [0.1, 0.15) is 11.5 Å². The fraction of sp³-hybridized carbons (Fsp3) is 0.360. The van der Waals surface area contributed by atoms with Crippen LogP contribution in [-0.2, 0) is 19.3 Å². The van der Waals surface area contributed by atoms with Gasteiger partial charge in [0.15, 0.2) is 0 Å². The fourth-order valence-corrected chi connectivity index (χ4v) is 4.65. The molecule has 0 amide bonds. The first kappa shape index (κ1) is 20.7. The fourth-order valence-electron chi connectivity index (χ4n) is 3.82. The monoisotopic (exact) mass is 421 g/mol. The molecule has 4 rings (SSSR count). The molecule has 0 bridgehead atoms. The molecule has 156 valence electrons. The number of aliphatic imine (C=N–C) groups is 1. The molecule has 0 unspecified atom stereocenters. The molecule has 2 aromatic carbocycles. The molecule has 0 atom stereocenters. The molecule has 1 aliphatic carbocycles. The van der Waals surface area contributed by atoms with Crippen molar-refractivity contribution in [2.45, 2.75) is 46.0 Å². The van der Waals surface area contributed by atoms with E-state index in [0.29, 0.717) is 12.1 Å². The summed E-state index contributed by atoms with van der Waals surface area (Å²) in [5.41, 5.74) is 7.53. The van der Waals surface area contributed by atoms with Crippen LogP contribution >= 0.6 is 11.3 Å². The van der Waals surface area contributed by atoms with Crippen molar-refractivity contribution in [1.82, 2.24) is 9.88 Å². The van der Waals surface area contributed by atoms with Gasteiger partial charge in [-0.3, -0.25) is 0 Å². The van der Waals surface area contributed by atoms with Crippen molar-refractivity contribution < 1.29 is 4.39 Å². The van der Waals surface area contributed by atoms with Gasteiger partial charge in [-0.25, -0.2) is 14.4 Å². The van der Waals surface area contributed by atoms with Crippen molar-refractivity contribution in [2.75, 3.05) is 13.6 Å². The zero-order valence-electron chi connectivity index (χ0n) is 17.9. The van der Waals surface area contributed by atoms with Crippen LogP contribution in [0.25, 0.3) is 11.3 Å². The Labute approximate surface area is 182 Å². The molecule has 5 heteroatoms. The van der Waals surface area contributed by atoms with Gasteiger partial charge in [-0.2, -0.15) is 0 Å². The average Bonchev–Trinajstić information content (AvgIpc) is 3.23. The number of thiazole rings is 1. The number of nitrogens with zero attached hydrogens (tertiary/aromatic N) is 3. The Kier molecular flexibility index (Phi) is 6.28. The molecule has 0 saturated heterocycles. The van der Waals surface area contributed by atoms with Crippen LogP contribution in [0.4, 0.5) is 10.1 Å². The summed E-state index contributed by atoms with van der Waals surface area (Å²) < 4.78 is 14.6. The highest BCUT2D eigenvalue weighted by molar-refractivity contribution is 7.10. The third kappa shape index (κ3) is 4.62. The van der Waals surface area contributed by atoms with Gasteiger partial charge in [0, 0.05) is 31.0 Å². The first-order valence-corrected chi connectivity index (χ1v) is 11.5. The molecule has 0 aliphatic heterocycles. The van der Waals surface area contributed by atoms with E-state index in [-0.39, 0.29) is 5.82 Å². The standard InChI is InChI=1S/C25H28FN3S/c1-4-29(3)16-27-23-11-17(2)21(13-22(23)26)14-25-28-24(15-30-25)20-10-9-18-7-5-6-8-19(18)12-20/h9-13,15-16H,4-8,14H2,1-3H3. The lowest BCUT2D eigenvalue weighted by molar-refractivity contribution is 0.551. The molecule has 1 heterocycles. The Bertz CT molecular complexity index is 1070. The van der Waals surface area contributed by atoms with E-state index < -0.39 is 0 Å². The highest BCUT2D eigenvalue weighted by Gasteiger charge is 2.13. The molecule has 1 aliphatic rings. The Morgan fingerprint density at radius 2 is 1.97 bits per heavy atom. The molecule has 0 saturated carbocycles. The minimum atomic E-state index is -0.289. The predicted molar refractivity (Wildman–Crippen MR) is 125 cm³/mol. The van der Waals surface area contributed by atoms with Gasteiger partial charge in [-0.1, -0.05) is 12.1 Å². The molecule has 0 fully saturated rings. The van der Waals surface area contributed by atoms with Gasteiger partial charge in [0.05, 0.1) is 17.0 Å². The molecule has 3 aromatic rings. The van der Waals surface area contributed by atoms with E-state index in [2.05, 4.69) is 28.6 Å². The number of aromatic nitrogens is 1. The van der Waals surface area contributed by atoms with Crippen LogP contribution in [-0.4, -0.2) is 29.8 Å². The van der Waals surface area contributed by atoms with Gasteiger partial charge in [-0.05, 0) is 80.0 Å². The Balaban J connectivity index is 1.52. The lowest BCUT2D eigenvalue weighted by Gasteiger charge is -2.16. The maximum atomic E-state index is 14.6. The summed E-state index contributed by atoms with van der Waals surface area (Å²) in [5, 5.41) is 3.12. The zero-order valence-corrected chi connectivity index (χ0v) is 18.7. The molecule has 1 aromatic heterocycles. The largest absolute Gasteiger partial charge is 0.366 e. The highest BCUT2D eigenvalue weighted by Crippen LogP contribution is 2.30.